The molecule has 168 valence electrons. The number of furan rings is 1. The van der Waals surface area contributed by atoms with E-state index >= 15 is 0 Å². The summed E-state index contributed by atoms with van der Waals surface area (Å²) in [6.45, 7) is 0.409. The fraction of sp³-hybridized carbons (Fsp3) is 0.0833. The number of nitrogens with one attached hydrogen (secondary N) is 1. The van der Waals surface area contributed by atoms with Gasteiger partial charge < -0.3 is 13.9 Å². The third kappa shape index (κ3) is 5.87. The Balaban J connectivity index is 1.44. The van der Waals surface area contributed by atoms with Crippen molar-refractivity contribution in [3.05, 3.63) is 90.6 Å². The molecule has 6 nitrogen and oxygen atoms in total. The van der Waals surface area contributed by atoms with E-state index in [1.54, 1.807) is 37.4 Å². The van der Waals surface area contributed by atoms with Crippen molar-refractivity contribution in [3.63, 3.8) is 0 Å². The minimum atomic E-state index is -0.463. The van der Waals surface area contributed by atoms with Gasteiger partial charge in [-0.1, -0.05) is 39.7 Å². The monoisotopic (exact) mass is 638 g/mol. The van der Waals surface area contributed by atoms with E-state index in [2.05, 4.69) is 49.0 Å². The molecule has 1 aromatic heterocycles. The van der Waals surface area contributed by atoms with Crippen molar-refractivity contribution < 1.29 is 18.7 Å². The van der Waals surface area contributed by atoms with Crippen LogP contribution in [0.3, 0.4) is 0 Å². The second-order valence-electron chi connectivity index (χ2n) is 6.94. The number of halogens is 3. The average molecular weight is 640 g/mol. The van der Waals surface area contributed by atoms with Crippen molar-refractivity contribution in [2.75, 3.05) is 7.11 Å². The molecule has 9 heteroatoms. The van der Waals surface area contributed by atoms with Crippen LogP contribution in [0.15, 0.2) is 74.7 Å². The molecule has 1 amide bonds. The highest BCUT2D eigenvalue weighted by Crippen LogP contribution is 2.34. The van der Waals surface area contributed by atoms with E-state index in [9.17, 15) is 4.79 Å². The van der Waals surface area contributed by atoms with Crippen LogP contribution in [0.25, 0.3) is 11.0 Å². The maximum absolute atomic E-state index is 12.4. The van der Waals surface area contributed by atoms with Crippen LogP contribution >= 0.6 is 50.1 Å². The van der Waals surface area contributed by atoms with Crippen molar-refractivity contribution in [2.24, 2.45) is 5.10 Å². The SMILES string of the molecule is COc1cc(/C=N/NC(=O)c2cc3cc(Cl)ccc3o2)cc(I)c1OCc1ccc(Br)cc1. The topological polar surface area (TPSA) is 73.1 Å². The molecule has 0 fully saturated rings. The zero-order valence-electron chi connectivity index (χ0n) is 17.3. The minimum absolute atomic E-state index is 0.147. The molecule has 33 heavy (non-hydrogen) atoms. The van der Waals surface area contributed by atoms with Crippen LogP contribution in [0.5, 0.6) is 11.5 Å². The van der Waals surface area contributed by atoms with Gasteiger partial charge in [-0.05, 0) is 82.2 Å². The van der Waals surface area contributed by atoms with E-state index in [0.29, 0.717) is 28.7 Å². The zero-order valence-corrected chi connectivity index (χ0v) is 21.8. The number of methoxy groups -OCH3 is 1. The van der Waals surface area contributed by atoms with Crippen molar-refractivity contribution in [2.45, 2.75) is 6.61 Å². The minimum Gasteiger partial charge on any atom is -0.493 e. The molecule has 0 radical (unpaired) electrons. The van der Waals surface area contributed by atoms with Crippen molar-refractivity contribution in [3.8, 4) is 11.5 Å². The molecule has 1 N–H and O–H groups in total. The number of nitrogens with zero attached hydrogens (tertiary/aromatic N) is 1. The van der Waals surface area contributed by atoms with Crippen molar-refractivity contribution in [1.82, 2.24) is 5.43 Å². The number of hydrazone groups is 1. The van der Waals surface area contributed by atoms with E-state index < -0.39 is 5.91 Å². The van der Waals surface area contributed by atoms with Gasteiger partial charge in [-0.2, -0.15) is 5.10 Å². The number of hydrogen-bond acceptors (Lipinski definition) is 5. The van der Waals surface area contributed by atoms with Gasteiger partial charge in [0.05, 0.1) is 16.9 Å². The van der Waals surface area contributed by atoms with Gasteiger partial charge in [0, 0.05) is 14.9 Å². The maximum atomic E-state index is 12.4. The lowest BCUT2D eigenvalue weighted by Crippen LogP contribution is -2.16. The third-order valence-corrected chi connectivity index (χ3v) is 6.20. The smallest absolute Gasteiger partial charge is 0.307 e. The number of hydrogen-bond donors (Lipinski definition) is 1. The molecule has 0 aliphatic heterocycles. The normalized spacial score (nSPS) is 11.2. The van der Waals surface area contributed by atoms with Gasteiger partial charge in [-0.3, -0.25) is 4.79 Å². The Morgan fingerprint density at radius 2 is 1.97 bits per heavy atom. The van der Waals surface area contributed by atoms with E-state index in [1.807, 2.05) is 30.3 Å². The van der Waals surface area contributed by atoms with Gasteiger partial charge in [0.15, 0.2) is 17.3 Å². The van der Waals surface area contributed by atoms with Gasteiger partial charge in [0.2, 0.25) is 0 Å². The maximum Gasteiger partial charge on any atom is 0.307 e. The summed E-state index contributed by atoms with van der Waals surface area (Å²) >= 11 is 11.6. The molecule has 4 aromatic rings. The van der Waals surface area contributed by atoms with Gasteiger partial charge >= 0.3 is 5.91 Å². The number of carbonyl (C=O) groups excluding carboxylic acids is 1. The van der Waals surface area contributed by atoms with Crippen LogP contribution in [-0.4, -0.2) is 19.2 Å². The highest BCUT2D eigenvalue weighted by atomic mass is 127. The quantitative estimate of drug-likeness (QED) is 0.137. The van der Waals surface area contributed by atoms with Crippen LogP contribution in [0.2, 0.25) is 5.02 Å². The van der Waals surface area contributed by atoms with Crippen LogP contribution in [0.1, 0.15) is 21.7 Å². The van der Waals surface area contributed by atoms with E-state index in [1.165, 1.54) is 6.21 Å². The zero-order chi connectivity index (χ0) is 23.4. The summed E-state index contributed by atoms with van der Waals surface area (Å²) in [6.07, 6.45) is 1.53. The first-order chi connectivity index (χ1) is 15.9. The second kappa shape index (κ2) is 10.6. The Morgan fingerprint density at radius 1 is 1.18 bits per heavy atom. The Kier molecular flexibility index (Phi) is 7.56. The molecule has 0 aliphatic rings. The fourth-order valence-electron chi connectivity index (χ4n) is 3.04. The second-order valence-corrected chi connectivity index (χ2v) is 9.46. The Morgan fingerprint density at radius 3 is 2.73 bits per heavy atom. The molecule has 3 aromatic carbocycles. The number of amides is 1. The number of ether oxygens (including phenoxy) is 2. The average Bonchev–Trinajstić information content (AvgIpc) is 3.22. The molecule has 0 unspecified atom stereocenters. The summed E-state index contributed by atoms with van der Waals surface area (Å²) in [5.74, 6) is 0.895. The number of carbonyl (C=O) groups is 1. The molecule has 0 aliphatic carbocycles. The first kappa shape index (κ1) is 23.6. The van der Waals surface area contributed by atoms with Crippen LogP contribution < -0.4 is 14.9 Å². The first-order valence-corrected chi connectivity index (χ1v) is 11.9. The molecule has 0 saturated heterocycles. The van der Waals surface area contributed by atoms with Crippen LogP contribution in [0, 0.1) is 3.57 Å². The van der Waals surface area contributed by atoms with Gasteiger partial charge in [-0.25, -0.2) is 5.43 Å². The predicted molar refractivity (Wildman–Crippen MR) is 140 cm³/mol. The lowest BCUT2D eigenvalue weighted by Gasteiger charge is -2.13. The van der Waals surface area contributed by atoms with Crippen molar-refractivity contribution in [1.29, 1.82) is 0 Å². The third-order valence-electron chi connectivity index (χ3n) is 4.63. The lowest BCUT2D eigenvalue weighted by molar-refractivity contribution is 0.0929. The van der Waals surface area contributed by atoms with Gasteiger partial charge in [0.1, 0.15) is 12.2 Å². The number of fused-ring (bicyclic) bond motifs is 1. The molecule has 0 saturated carbocycles. The van der Waals surface area contributed by atoms with E-state index in [4.69, 9.17) is 25.5 Å². The van der Waals surface area contributed by atoms with Gasteiger partial charge in [-0.15, -0.1) is 0 Å². The largest absolute Gasteiger partial charge is 0.493 e. The summed E-state index contributed by atoms with van der Waals surface area (Å²) in [6, 6.07) is 18.4. The molecule has 0 bridgehead atoms. The first-order valence-electron chi connectivity index (χ1n) is 9.70. The lowest BCUT2D eigenvalue weighted by atomic mass is 10.2. The van der Waals surface area contributed by atoms with Crippen LogP contribution in [0.4, 0.5) is 0 Å². The number of rotatable bonds is 7. The summed E-state index contributed by atoms with van der Waals surface area (Å²) in [7, 11) is 1.58. The predicted octanol–water partition coefficient (Wildman–Crippen LogP) is 6.80. The number of benzene rings is 3. The van der Waals surface area contributed by atoms with E-state index in [-0.39, 0.29) is 5.76 Å². The van der Waals surface area contributed by atoms with E-state index in [0.717, 1.165) is 24.6 Å². The highest BCUT2D eigenvalue weighted by Gasteiger charge is 2.13. The summed E-state index contributed by atoms with van der Waals surface area (Å²) in [4.78, 5) is 12.4. The van der Waals surface area contributed by atoms with Crippen molar-refractivity contribution >= 4 is 73.2 Å². The molecule has 0 atom stereocenters. The van der Waals surface area contributed by atoms with Gasteiger partial charge in [0.25, 0.3) is 0 Å². The standard InChI is InChI=1S/C24H17BrClIN2O4/c1-31-21-9-15(8-19(27)23(21)32-13-14-2-4-17(25)5-3-14)12-28-29-24(30)22-11-16-10-18(26)6-7-20(16)33-22/h2-12H,13H2,1H3,(H,29,30)/b28-12+. The molecular weight excluding hydrogens is 623 g/mol. The highest BCUT2D eigenvalue weighted by molar-refractivity contribution is 14.1. The molecule has 1 heterocycles. The summed E-state index contributed by atoms with van der Waals surface area (Å²) in [5, 5.41) is 5.35. The molecule has 0 spiro atoms. The molecular formula is C24H17BrClIN2O4. The fourth-order valence-corrected chi connectivity index (χ4v) is 4.26. The van der Waals surface area contributed by atoms with Crippen LogP contribution in [-0.2, 0) is 6.61 Å². The Bertz CT molecular complexity index is 1340. The molecule has 4 rings (SSSR count). The Labute approximate surface area is 217 Å². The Hall–Kier alpha value is -2.56. The summed E-state index contributed by atoms with van der Waals surface area (Å²) in [5.41, 5.74) is 4.83. The summed E-state index contributed by atoms with van der Waals surface area (Å²) < 4.78 is 18.9.